The third kappa shape index (κ3) is 5.50. The van der Waals surface area contributed by atoms with E-state index >= 15 is 0 Å². The van der Waals surface area contributed by atoms with Crippen molar-refractivity contribution in [2.75, 3.05) is 16.5 Å². The number of fused-ring (bicyclic) bond motifs is 7. The second-order valence-electron chi connectivity index (χ2n) is 16.0. The van der Waals surface area contributed by atoms with Crippen molar-refractivity contribution in [3.63, 3.8) is 0 Å². The maximum Gasteiger partial charge on any atom is 0.137 e. The first-order valence-electron chi connectivity index (χ1n) is 19.7. The topological polar surface area (TPSA) is 51.4 Å². The minimum Gasteiger partial charge on any atom is -0.457 e. The molecule has 6 aromatic carbocycles. The van der Waals surface area contributed by atoms with Crippen LogP contribution in [0.1, 0.15) is 26.3 Å². The molecule has 10 aromatic rings. The van der Waals surface area contributed by atoms with Crippen LogP contribution in [0.4, 0.5) is 22.7 Å². The number of pyridine rings is 2. The molecular weight excluding hydrogens is 713 g/mol. The zero-order valence-electron chi connectivity index (χ0n) is 32.5. The summed E-state index contributed by atoms with van der Waals surface area (Å²) in [6.07, 6.45) is 5.75. The van der Waals surface area contributed by atoms with E-state index in [-0.39, 0.29) is 5.41 Å². The molecule has 0 aliphatic carbocycles. The number of hydrogen-bond donors (Lipinski definition) is 0. The molecule has 0 fully saturated rings. The molecule has 0 unspecified atom stereocenters. The van der Waals surface area contributed by atoms with Gasteiger partial charge >= 0.3 is 0 Å². The van der Waals surface area contributed by atoms with Crippen LogP contribution in [0.3, 0.4) is 0 Å². The van der Waals surface area contributed by atoms with Crippen LogP contribution in [0.5, 0.6) is 11.5 Å². The Labute approximate surface area is 336 Å². The number of anilines is 4. The average molecular weight is 753 g/mol. The molecule has 58 heavy (non-hydrogen) atoms. The predicted octanol–water partition coefficient (Wildman–Crippen LogP) is 13.0. The fourth-order valence-electron chi connectivity index (χ4n) is 8.65. The van der Waals surface area contributed by atoms with Gasteiger partial charge in [-0.15, -0.1) is 0 Å². The largest absolute Gasteiger partial charge is 0.457 e. The van der Waals surface area contributed by atoms with Crippen LogP contribution in [0, 0.1) is 0 Å². The molecule has 280 valence electrons. The second-order valence-corrected chi connectivity index (χ2v) is 16.0. The SMILES string of the molecule is CC(C)(C)c1ccnc(-n2c3ccccc3c3ccc(Oc4cccc(N5CN(c6ccc7c(c6)c6ccccc6n7-c6ccccc6)c6cnccc65)c4)cc32)c1. The molecule has 1 aliphatic heterocycles. The molecule has 11 rings (SSSR count). The number of benzene rings is 6. The molecule has 7 nitrogen and oxygen atoms in total. The number of ether oxygens (including phenoxy) is 1. The Morgan fingerprint density at radius 2 is 1.16 bits per heavy atom. The summed E-state index contributed by atoms with van der Waals surface area (Å²) in [4.78, 5) is 14.1. The van der Waals surface area contributed by atoms with Crippen LogP contribution in [0.2, 0.25) is 0 Å². The summed E-state index contributed by atoms with van der Waals surface area (Å²) < 4.78 is 11.3. The molecule has 5 heterocycles. The first-order chi connectivity index (χ1) is 28.4. The van der Waals surface area contributed by atoms with Gasteiger partial charge in [0.05, 0.1) is 39.6 Å². The molecule has 0 radical (unpaired) electrons. The Balaban J connectivity index is 0.944. The standard InChI is InChI=1S/C51H40N6O/c1-51(2,3)34-24-27-53-50(28-34)57-45-19-10-7-16-40(45)42-22-21-39(31-48(42)57)58-38-15-11-14-36(29-38)54-33-55(49-32-52-26-25-47(49)54)37-20-23-46-43(30-37)41-17-8-9-18-44(41)56(46)35-12-5-4-6-13-35/h4-32H,33H2,1-3H3. The normalized spacial score (nSPS) is 12.9. The van der Waals surface area contributed by atoms with E-state index in [0.717, 1.165) is 62.2 Å². The minimum atomic E-state index is -0.00301. The number of nitrogens with zero attached hydrogens (tertiary/aromatic N) is 6. The fourth-order valence-corrected chi connectivity index (χ4v) is 8.65. The Morgan fingerprint density at radius 1 is 0.483 bits per heavy atom. The molecule has 0 bridgehead atoms. The van der Waals surface area contributed by atoms with Gasteiger partial charge in [-0.1, -0.05) is 81.4 Å². The van der Waals surface area contributed by atoms with Gasteiger partial charge in [0.2, 0.25) is 0 Å². The highest BCUT2D eigenvalue weighted by Crippen LogP contribution is 2.46. The van der Waals surface area contributed by atoms with Crippen molar-refractivity contribution >= 4 is 66.4 Å². The number of aromatic nitrogens is 4. The number of hydrogen-bond acceptors (Lipinski definition) is 5. The van der Waals surface area contributed by atoms with Crippen molar-refractivity contribution in [2.24, 2.45) is 0 Å². The van der Waals surface area contributed by atoms with Gasteiger partial charge in [0.1, 0.15) is 24.0 Å². The van der Waals surface area contributed by atoms with Gasteiger partial charge in [0.25, 0.3) is 0 Å². The van der Waals surface area contributed by atoms with Crippen LogP contribution in [-0.4, -0.2) is 25.8 Å². The lowest BCUT2D eigenvalue weighted by Crippen LogP contribution is -2.23. The molecule has 0 saturated carbocycles. The van der Waals surface area contributed by atoms with Crippen molar-refractivity contribution in [3.05, 3.63) is 182 Å². The smallest absolute Gasteiger partial charge is 0.137 e. The highest BCUT2D eigenvalue weighted by molar-refractivity contribution is 6.11. The minimum absolute atomic E-state index is 0.00301. The molecule has 0 spiro atoms. The number of rotatable bonds is 6. The zero-order valence-corrected chi connectivity index (χ0v) is 32.5. The van der Waals surface area contributed by atoms with E-state index < -0.39 is 0 Å². The maximum atomic E-state index is 6.69. The Bertz CT molecular complexity index is 3190. The Hall–Kier alpha value is -7.38. The lowest BCUT2D eigenvalue weighted by molar-refractivity contribution is 0.483. The Kier molecular flexibility index (Phi) is 7.66. The summed E-state index contributed by atoms with van der Waals surface area (Å²) in [5, 5.41) is 4.78. The van der Waals surface area contributed by atoms with Gasteiger partial charge in [0.15, 0.2) is 0 Å². The Morgan fingerprint density at radius 3 is 1.98 bits per heavy atom. The van der Waals surface area contributed by atoms with Gasteiger partial charge in [-0.05, 0) is 95.9 Å². The van der Waals surface area contributed by atoms with E-state index in [1.54, 1.807) is 0 Å². The van der Waals surface area contributed by atoms with Crippen molar-refractivity contribution < 1.29 is 4.74 Å². The van der Waals surface area contributed by atoms with Crippen molar-refractivity contribution in [3.8, 4) is 23.0 Å². The molecule has 0 atom stereocenters. The highest BCUT2D eigenvalue weighted by atomic mass is 16.5. The predicted molar refractivity (Wildman–Crippen MR) is 238 cm³/mol. The van der Waals surface area contributed by atoms with E-state index in [0.29, 0.717) is 6.67 Å². The maximum absolute atomic E-state index is 6.69. The summed E-state index contributed by atoms with van der Waals surface area (Å²) in [6.45, 7) is 7.33. The molecule has 7 heteroatoms. The second kappa shape index (κ2) is 13.1. The van der Waals surface area contributed by atoms with E-state index in [1.807, 2.05) is 24.7 Å². The van der Waals surface area contributed by atoms with Crippen molar-refractivity contribution in [1.82, 2.24) is 19.1 Å². The van der Waals surface area contributed by atoms with Crippen molar-refractivity contribution in [2.45, 2.75) is 26.2 Å². The van der Waals surface area contributed by atoms with Crippen molar-refractivity contribution in [1.29, 1.82) is 0 Å². The molecule has 0 saturated heterocycles. The summed E-state index contributed by atoms with van der Waals surface area (Å²) >= 11 is 0. The van der Waals surface area contributed by atoms with Gasteiger partial charge in [-0.25, -0.2) is 4.98 Å². The van der Waals surface area contributed by atoms with E-state index in [1.165, 1.54) is 32.8 Å². The summed E-state index contributed by atoms with van der Waals surface area (Å²) in [6, 6.07) is 55.7. The third-order valence-corrected chi connectivity index (χ3v) is 11.5. The van der Waals surface area contributed by atoms with Gasteiger partial charge < -0.3 is 19.1 Å². The molecule has 4 aromatic heterocycles. The molecule has 0 amide bonds. The quantitative estimate of drug-likeness (QED) is 0.169. The van der Waals surface area contributed by atoms with Crippen LogP contribution in [-0.2, 0) is 5.41 Å². The first kappa shape index (κ1) is 33.9. The molecule has 0 N–H and O–H groups in total. The summed E-state index contributed by atoms with van der Waals surface area (Å²) in [7, 11) is 0. The third-order valence-electron chi connectivity index (χ3n) is 11.5. The van der Waals surface area contributed by atoms with Gasteiger partial charge in [-0.3, -0.25) is 9.55 Å². The first-order valence-corrected chi connectivity index (χ1v) is 19.7. The zero-order chi connectivity index (χ0) is 39.0. The van der Waals surface area contributed by atoms with E-state index in [4.69, 9.17) is 9.72 Å². The van der Waals surface area contributed by atoms with Crippen LogP contribution in [0.15, 0.2) is 176 Å². The van der Waals surface area contributed by atoms with Crippen LogP contribution >= 0.6 is 0 Å². The van der Waals surface area contributed by atoms with Gasteiger partial charge in [0, 0.05) is 63.1 Å². The lowest BCUT2D eigenvalue weighted by atomic mass is 9.88. The molecular formula is C51H40N6O. The lowest BCUT2D eigenvalue weighted by Gasteiger charge is -2.22. The number of para-hydroxylation sites is 3. The van der Waals surface area contributed by atoms with Gasteiger partial charge in [-0.2, -0.15) is 0 Å². The highest BCUT2D eigenvalue weighted by Gasteiger charge is 2.29. The summed E-state index contributed by atoms with van der Waals surface area (Å²) in [5.41, 5.74) is 11.2. The van der Waals surface area contributed by atoms with E-state index in [9.17, 15) is 0 Å². The van der Waals surface area contributed by atoms with E-state index in [2.05, 4.69) is 196 Å². The molecule has 1 aliphatic rings. The summed E-state index contributed by atoms with van der Waals surface area (Å²) in [5.74, 6) is 2.42. The van der Waals surface area contributed by atoms with Crippen LogP contribution in [0.25, 0.3) is 55.1 Å². The monoisotopic (exact) mass is 752 g/mol. The average Bonchev–Trinajstić information content (AvgIpc) is 3.92. The fraction of sp³-hybridized carbons (Fsp3) is 0.0980. The van der Waals surface area contributed by atoms with Crippen LogP contribution < -0.4 is 14.5 Å².